The second-order valence-corrected chi connectivity index (χ2v) is 7.88. The van der Waals surface area contributed by atoms with Crippen LogP contribution in [0.25, 0.3) is 11.3 Å². The lowest BCUT2D eigenvalue weighted by atomic mass is 10.0. The molecule has 1 saturated heterocycles. The van der Waals surface area contributed by atoms with E-state index in [4.69, 9.17) is 10.5 Å². The average molecular weight is 401 g/mol. The van der Waals surface area contributed by atoms with E-state index in [1.165, 1.54) is 0 Å². The Bertz CT molecular complexity index is 1010. The second-order valence-electron chi connectivity index (χ2n) is 7.88. The second kappa shape index (κ2) is 7.29. The number of hydrogen-bond acceptors (Lipinski definition) is 7. The Morgan fingerprint density at radius 1 is 1.31 bits per heavy atom. The maximum atomic E-state index is 13.1. The summed E-state index contributed by atoms with van der Waals surface area (Å²) in [5.41, 5.74) is 14.5. The van der Waals surface area contributed by atoms with Crippen molar-refractivity contribution < 1.29 is 9.53 Å². The first-order chi connectivity index (χ1) is 13.8. The zero-order valence-corrected chi connectivity index (χ0v) is 17.1. The van der Waals surface area contributed by atoms with E-state index in [0.717, 1.165) is 5.56 Å². The zero-order chi connectivity index (χ0) is 20.9. The quantitative estimate of drug-likeness (QED) is 0.690. The fourth-order valence-corrected chi connectivity index (χ4v) is 3.72. The molecular weight excluding hydrogens is 374 g/mol. The number of ether oxygens (including phenoxy) is 1. The number of carbonyl (C=O) groups excluding carboxylic acids is 1. The first-order valence-corrected chi connectivity index (χ1v) is 9.78. The number of nitrogens with zero attached hydrogens (tertiary/aromatic N) is 4. The molecule has 4 heterocycles. The Hall–Kier alpha value is -2.69. The molecule has 0 spiro atoms. The monoisotopic (exact) mass is 401 g/mol. The molecule has 156 valence electrons. The Morgan fingerprint density at radius 2 is 2.07 bits per heavy atom. The Morgan fingerprint density at radius 3 is 2.76 bits per heavy atom. The highest BCUT2D eigenvalue weighted by molar-refractivity contribution is 5.95. The molecule has 0 radical (unpaired) electrons. The molecule has 29 heavy (non-hydrogen) atoms. The molecule has 0 bridgehead atoms. The molecular formula is C19H27N7O3. The summed E-state index contributed by atoms with van der Waals surface area (Å²) < 4.78 is 8.62. The highest BCUT2D eigenvalue weighted by Crippen LogP contribution is 2.36. The van der Waals surface area contributed by atoms with Crippen molar-refractivity contribution >= 4 is 17.4 Å². The van der Waals surface area contributed by atoms with Crippen LogP contribution in [0.15, 0.2) is 17.1 Å². The van der Waals surface area contributed by atoms with Gasteiger partial charge in [0, 0.05) is 30.9 Å². The van der Waals surface area contributed by atoms with Gasteiger partial charge in [-0.2, -0.15) is 5.10 Å². The van der Waals surface area contributed by atoms with Gasteiger partial charge in [-0.25, -0.2) is 5.43 Å². The number of rotatable bonds is 4. The van der Waals surface area contributed by atoms with E-state index >= 15 is 0 Å². The van der Waals surface area contributed by atoms with Gasteiger partial charge >= 0.3 is 0 Å². The third kappa shape index (κ3) is 3.22. The molecule has 1 unspecified atom stereocenters. The van der Waals surface area contributed by atoms with Crippen LogP contribution in [0.5, 0.6) is 0 Å². The van der Waals surface area contributed by atoms with Crippen molar-refractivity contribution in [2.45, 2.75) is 33.0 Å². The number of nitrogens with one attached hydrogen (secondary N) is 2. The van der Waals surface area contributed by atoms with Crippen molar-refractivity contribution in [2.24, 2.45) is 18.7 Å². The Kier molecular flexibility index (Phi) is 4.93. The van der Waals surface area contributed by atoms with Gasteiger partial charge in [0.2, 0.25) is 0 Å². The summed E-state index contributed by atoms with van der Waals surface area (Å²) in [6.45, 7) is 7.18. The normalized spacial score (nSPS) is 20.1. The van der Waals surface area contributed by atoms with Crippen LogP contribution in [0.2, 0.25) is 0 Å². The lowest BCUT2D eigenvalue weighted by Gasteiger charge is -2.26. The van der Waals surface area contributed by atoms with Crippen LogP contribution in [0.1, 0.15) is 38.5 Å². The van der Waals surface area contributed by atoms with Crippen molar-refractivity contribution in [3.8, 4) is 11.3 Å². The maximum absolute atomic E-state index is 13.1. The van der Waals surface area contributed by atoms with E-state index in [1.54, 1.807) is 21.2 Å². The fraction of sp³-hybridized carbons (Fsp3) is 0.526. The number of fused-ring (bicyclic) bond motifs is 1. The number of carbonyl (C=O) groups is 1. The minimum absolute atomic E-state index is 0.0108. The van der Waals surface area contributed by atoms with Crippen molar-refractivity contribution in [1.29, 1.82) is 0 Å². The van der Waals surface area contributed by atoms with Crippen LogP contribution < -0.4 is 27.0 Å². The number of amides is 1. The van der Waals surface area contributed by atoms with E-state index in [9.17, 15) is 9.59 Å². The van der Waals surface area contributed by atoms with Crippen LogP contribution in [0, 0.1) is 5.92 Å². The predicted molar refractivity (Wildman–Crippen MR) is 109 cm³/mol. The first kappa shape index (κ1) is 19.6. The molecule has 2 aromatic heterocycles. The van der Waals surface area contributed by atoms with Crippen LogP contribution >= 0.6 is 0 Å². The van der Waals surface area contributed by atoms with Crippen molar-refractivity contribution in [1.82, 2.24) is 19.8 Å². The molecule has 2 aliphatic heterocycles. The molecule has 10 heteroatoms. The number of hydrazine groups is 1. The topological polar surface area (TPSA) is 119 Å². The summed E-state index contributed by atoms with van der Waals surface area (Å²) in [5.74, 6) is 0.852. The molecule has 0 saturated carbocycles. The van der Waals surface area contributed by atoms with Crippen molar-refractivity contribution in [3.63, 3.8) is 0 Å². The highest BCUT2D eigenvalue weighted by atomic mass is 16.5. The Balaban J connectivity index is 1.86. The van der Waals surface area contributed by atoms with Crippen LogP contribution in [-0.4, -0.2) is 40.0 Å². The molecule has 2 atom stereocenters. The summed E-state index contributed by atoms with van der Waals surface area (Å²) in [5, 5.41) is 4.63. The van der Waals surface area contributed by atoms with Gasteiger partial charge in [-0.1, -0.05) is 13.8 Å². The van der Waals surface area contributed by atoms with Gasteiger partial charge < -0.3 is 20.5 Å². The predicted octanol–water partition coefficient (Wildman–Crippen LogP) is 0.716. The van der Waals surface area contributed by atoms with E-state index in [0.29, 0.717) is 35.9 Å². The number of nitrogens with two attached hydrogens (primary N) is 1. The van der Waals surface area contributed by atoms with Gasteiger partial charge in [-0.05, 0) is 12.8 Å². The molecule has 2 aromatic rings. The Labute approximate surface area is 168 Å². The van der Waals surface area contributed by atoms with Gasteiger partial charge in [-0.15, -0.1) is 0 Å². The van der Waals surface area contributed by atoms with Crippen LogP contribution in [-0.2, 0) is 16.6 Å². The minimum Gasteiger partial charge on any atom is -0.370 e. The summed E-state index contributed by atoms with van der Waals surface area (Å²) in [6, 6.07) is 1.85. The SMILES string of the molecule is CC(C)[C@H](C)n1cc(-c2cc(N3CCOCC3=O)n(C)n2)c2c(c1=O)C(N)NN2. The smallest absolute Gasteiger partial charge is 0.259 e. The van der Waals surface area contributed by atoms with Gasteiger partial charge in [0.05, 0.1) is 30.1 Å². The number of aryl methyl sites for hydroxylation is 1. The number of morpholine rings is 1. The zero-order valence-electron chi connectivity index (χ0n) is 17.1. The van der Waals surface area contributed by atoms with E-state index in [2.05, 4.69) is 29.8 Å². The molecule has 0 aliphatic carbocycles. The molecule has 4 N–H and O–H groups in total. The number of pyridine rings is 1. The summed E-state index contributed by atoms with van der Waals surface area (Å²) in [6.07, 6.45) is 1.22. The number of aromatic nitrogens is 3. The molecule has 1 fully saturated rings. The third-order valence-electron chi connectivity index (χ3n) is 5.73. The first-order valence-electron chi connectivity index (χ1n) is 9.78. The summed E-state index contributed by atoms with van der Waals surface area (Å²) >= 11 is 0. The lowest BCUT2D eigenvalue weighted by molar-refractivity contribution is -0.125. The van der Waals surface area contributed by atoms with Crippen LogP contribution in [0.3, 0.4) is 0 Å². The standard InChI is InChI=1S/C19H27N7O3/c1-10(2)11(3)26-8-12(17-16(19(26)28)18(20)22-21-17)13-7-14(24(4)23-13)25-5-6-29-9-15(25)27/h7-8,10-11,18,21-22H,5-6,9,20H2,1-4H3/t11-,18?/m0/s1. The van der Waals surface area contributed by atoms with Crippen molar-refractivity contribution in [2.75, 3.05) is 30.1 Å². The van der Waals surface area contributed by atoms with Gasteiger partial charge in [-0.3, -0.25) is 19.2 Å². The number of anilines is 2. The molecule has 10 nitrogen and oxygen atoms in total. The molecule has 4 rings (SSSR count). The summed E-state index contributed by atoms with van der Waals surface area (Å²) in [4.78, 5) is 27.0. The average Bonchev–Trinajstić information content (AvgIpc) is 3.25. The molecule has 0 aromatic carbocycles. The molecule has 1 amide bonds. The molecule has 2 aliphatic rings. The minimum atomic E-state index is -0.605. The van der Waals surface area contributed by atoms with Gasteiger partial charge in [0.25, 0.3) is 11.5 Å². The van der Waals surface area contributed by atoms with Gasteiger partial charge in [0.1, 0.15) is 18.6 Å². The van der Waals surface area contributed by atoms with E-state index in [1.807, 2.05) is 19.2 Å². The van der Waals surface area contributed by atoms with Crippen LogP contribution in [0.4, 0.5) is 11.5 Å². The maximum Gasteiger partial charge on any atom is 0.259 e. The lowest BCUT2D eigenvalue weighted by Crippen LogP contribution is -2.42. The fourth-order valence-electron chi connectivity index (χ4n) is 3.72. The highest BCUT2D eigenvalue weighted by Gasteiger charge is 2.30. The van der Waals surface area contributed by atoms with Crippen molar-refractivity contribution in [3.05, 3.63) is 28.2 Å². The van der Waals surface area contributed by atoms with E-state index < -0.39 is 6.17 Å². The summed E-state index contributed by atoms with van der Waals surface area (Å²) in [7, 11) is 1.80. The largest absolute Gasteiger partial charge is 0.370 e. The van der Waals surface area contributed by atoms with Gasteiger partial charge in [0.15, 0.2) is 0 Å². The number of hydrogen-bond donors (Lipinski definition) is 3. The van der Waals surface area contributed by atoms with E-state index in [-0.39, 0.29) is 30.0 Å². The third-order valence-corrected chi connectivity index (χ3v) is 5.73.